The molecule has 0 saturated heterocycles. The molecule has 0 bridgehead atoms. The van der Waals surface area contributed by atoms with Crippen molar-refractivity contribution < 1.29 is 9.32 Å². The number of aromatic amines is 1. The van der Waals surface area contributed by atoms with Crippen molar-refractivity contribution in [2.45, 2.75) is 26.2 Å². The summed E-state index contributed by atoms with van der Waals surface area (Å²) in [6.07, 6.45) is 2.12. The van der Waals surface area contributed by atoms with E-state index in [4.69, 9.17) is 4.52 Å². The second kappa shape index (κ2) is 4.21. The molecule has 0 aliphatic heterocycles. The van der Waals surface area contributed by atoms with E-state index in [0.717, 1.165) is 0 Å². The van der Waals surface area contributed by atoms with Gasteiger partial charge in [-0.25, -0.2) is 0 Å². The highest BCUT2D eigenvalue weighted by molar-refractivity contribution is 5.82. The Morgan fingerprint density at radius 3 is 3.00 bits per heavy atom. The molecule has 0 saturated carbocycles. The number of Topliss-reactive ketones (excluding diaryl/α,β-unsaturated/α-hetero) is 1. The molecular formula is C9H11N5O2. The smallest absolute Gasteiger partial charge is 0.237 e. The molecule has 0 spiro atoms. The lowest BCUT2D eigenvalue weighted by molar-refractivity contribution is -0.119. The largest absolute Gasteiger partial charge is 0.338 e. The summed E-state index contributed by atoms with van der Waals surface area (Å²) in [5.74, 6) is 0.336. The van der Waals surface area contributed by atoms with Crippen LogP contribution in [0.25, 0.3) is 11.5 Å². The highest BCUT2D eigenvalue weighted by atomic mass is 16.5. The van der Waals surface area contributed by atoms with Gasteiger partial charge in [-0.2, -0.15) is 20.4 Å². The first-order chi connectivity index (χ1) is 7.72. The van der Waals surface area contributed by atoms with Crippen molar-refractivity contribution in [1.29, 1.82) is 0 Å². The van der Waals surface area contributed by atoms with Gasteiger partial charge in [0.1, 0.15) is 5.78 Å². The van der Waals surface area contributed by atoms with Crippen LogP contribution in [0, 0.1) is 0 Å². The Labute approximate surface area is 91.2 Å². The fourth-order valence-corrected chi connectivity index (χ4v) is 1.43. The van der Waals surface area contributed by atoms with Crippen molar-refractivity contribution in [3.63, 3.8) is 0 Å². The van der Waals surface area contributed by atoms with Gasteiger partial charge in [0, 0.05) is 0 Å². The number of nitrogens with one attached hydrogen (secondary N) is 1. The van der Waals surface area contributed by atoms with Crippen molar-refractivity contribution in [2.75, 3.05) is 0 Å². The summed E-state index contributed by atoms with van der Waals surface area (Å²) < 4.78 is 5.04. The third-order valence-electron chi connectivity index (χ3n) is 2.28. The fraction of sp³-hybridized carbons (Fsp3) is 0.444. The number of rotatable bonds is 4. The molecule has 7 heteroatoms. The predicted octanol–water partition coefficient (Wildman–Crippen LogP) is 0.937. The average molecular weight is 221 g/mol. The average Bonchev–Trinajstić information content (AvgIpc) is 2.86. The highest BCUT2D eigenvalue weighted by Crippen LogP contribution is 2.21. The van der Waals surface area contributed by atoms with Crippen LogP contribution in [0.3, 0.4) is 0 Å². The number of hydrogen-bond acceptors (Lipinski definition) is 6. The van der Waals surface area contributed by atoms with Crippen LogP contribution in [0.5, 0.6) is 0 Å². The van der Waals surface area contributed by atoms with E-state index in [1.807, 2.05) is 6.92 Å². The Kier molecular flexibility index (Phi) is 2.76. The van der Waals surface area contributed by atoms with E-state index < -0.39 is 0 Å². The fourth-order valence-electron chi connectivity index (χ4n) is 1.43. The molecule has 2 aromatic heterocycles. The number of aromatic nitrogens is 5. The minimum absolute atomic E-state index is 0.0119. The third kappa shape index (κ3) is 1.83. The van der Waals surface area contributed by atoms with Crippen LogP contribution in [-0.4, -0.2) is 31.3 Å². The van der Waals surface area contributed by atoms with E-state index in [-0.39, 0.29) is 11.7 Å². The summed E-state index contributed by atoms with van der Waals surface area (Å²) in [6, 6.07) is 0. The summed E-state index contributed by atoms with van der Waals surface area (Å²) in [6.45, 7) is 3.40. The Bertz CT molecular complexity index is 476. The van der Waals surface area contributed by atoms with Gasteiger partial charge < -0.3 is 4.52 Å². The van der Waals surface area contributed by atoms with Gasteiger partial charge in [-0.3, -0.25) is 4.79 Å². The van der Waals surface area contributed by atoms with Crippen molar-refractivity contribution in [3.05, 3.63) is 12.1 Å². The molecule has 7 nitrogen and oxygen atoms in total. The minimum Gasteiger partial charge on any atom is -0.338 e. The monoisotopic (exact) mass is 221 g/mol. The number of carbonyl (C=O) groups excluding carboxylic acids is 1. The van der Waals surface area contributed by atoms with Crippen LogP contribution >= 0.6 is 0 Å². The molecule has 0 radical (unpaired) electrons. The second-order valence-electron chi connectivity index (χ2n) is 3.38. The van der Waals surface area contributed by atoms with Crippen LogP contribution in [0.2, 0.25) is 0 Å². The predicted molar refractivity (Wildman–Crippen MR) is 53.4 cm³/mol. The molecular weight excluding hydrogens is 210 g/mol. The zero-order valence-corrected chi connectivity index (χ0v) is 8.97. The molecule has 2 heterocycles. The number of hydrogen-bond donors (Lipinski definition) is 1. The van der Waals surface area contributed by atoms with Crippen LogP contribution in [0.4, 0.5) is 0 Å². The van der Waals surface area contributed by atoms with Crippen LogP contribution < -0.4 is 0 Å². The van der Waals surface area contributed by atoms with E-state index in [1.165, 1.54) is 13.1 Å². The van der Waals surface area contributed by atoms with Gasteiger partial charge in [0.25, 0.3) is 0 Å². The van der Waals surface area contributed by atoms with Crippen molar-refractivity contribution >= 4 is 5.78 Å². The quantitative estimate of drug-likeness (QED) is 0.824. The molecule has 0 aliphatic carbocycles. The van der Waals surface area contributed by atoms with Gasteiger partial charge in [0.15, 0.2) is 5.69 Å². The van der Waals surface area contributed by atoms with Crippen LogP contribution in [0.1, 0.15) is 32.1 Å². The zero-order chi connectivity index (χ0) is 11.5. The van der Waals surface area contributed by atoms with Crippen LogP contribution in [0.15, 0.2) is 10.7 Å². The Balaban J connectivity index is 2.29. The maximum Gasteiger partial charge on any atom is 0.237 e. The first kappa shape index (κ1) is 10.5. The molecule has 1 N–H and O–H groups in total. The zero-order valence-electron chi connectivity index (χ0n) is 8.97. The first-order valence-electron chi connectivity index (χ1n) is 4.92. The standard InChI is InChI=1S/C9H11N5O2/c1-3-6(5(2)15)9-11-8(13-16-9)7-4-10-14-12-7/h4,6H,3H2,1-2H3,(H,10,12,14). The van der Waals surface area contributed by atoms with E-state index in [0.29, 0.717) is 23.8 Å². The van der Waals surface area contributed by atoms with Gasteiger partial charge in [0.2, 0.25) is 11.7 Å². The molecule has 84 valence electrons. The highest BCUT2D eigenvalue weighted by Gasteiger charge is 2.22. The molecule has 2 aromatic rings. The molecule has 1 atom stereocenters. The Morgan fingerprint density at radius 1 is 1.62 bits per heavy atom. The van der Waals surface area contributed by atoms with E-state index in [9.17, 15) is 4.79 Å². The number of H-pyrrole nitrogens is 1. The lowest BCUT2D eigenvalue weighted by Gasteiger charge is -2.03. The van der Waals surface area contributed by atoms with Crippen molar-refractivity contribution in [2.24, 2.45) is 0 Å². The van der Waals surface area contributed by atoms with E-state index in [1.54, 1.807) is 0 Å². The van der Waals surface area contributed by atoms with Gasteiger partial charge in [0.05, 0.1) is 12.1 Å². The van der Waals surface area contributed by atoms with Gasteiger partial charge >= 0.3 is 0 Å². The number of carbonyl (C=O) groups is 1. The van der Waals surface area contributed by atoms with Gasteiger partial charge in [-0.15, -0.1) is 0 Å². The van der Waals surface area contributed by atoms with Crippen LogP contribution in [-0.2, 0) is 4.79 Å². The number of ketones is 1. The summed E-state index contributed by atoms with van der Waals surface area (Å²) >= 11 is 0. The van der Waals surface area contributed by atoms with Crippen molar-refractivity contribution in [3.8, 4) is 11.5 Å². The molecule has 0 fully saturated rings. The second-order valence-corrected chi connectivity index (χ2v) is 3.38. The maximum absolute atomic E-state index is 11.3. The van der Waals surface area contributed by atoms with E-state index >= 15 is 0 Å². The summed E-state index contributed by atoms with van der Waals surface area (Å²) in [7, 11) is 0. The molecule has 16 heavy (non-hydrogen) atoms. The topological polar surface area (TPSA) is 97.6 Å². The molecule has 2 rings (SSSR count). The molecule has 1 unspecified atom stereocenters. The van der Waals surface area contributed by atoms with E-state index in [2.05, 4.69) is 25.6 Å². The maximum atomic E-state index is 11.3. The SMILES string of the molecule is CCC(C(C)=O)c1nc(-c2cn[nH]n2)no1. The summed E-state index contributed by atoms with van der Waals surface area (Å²) in [5, 5.41) is 13.7. The molecule has 0 aromatic carbocycles. The summed E-state index contributed by atoms with van der Waals surface area (Å²) in [4.78, 5) is 15.4. The van der Waals surface area contributed by atoms with Gasteiger partial charge in [-0.05, 0) is 13.3 Å². The van der Waals surface area contributed by atoms with Crippen molar-refractivity contribution in [1.82, 2.24) is 25.6 Å². The third-order valence-corrected chi connectivity index (χ3v) is 2.28. The number of nitrogens with zero attached hydrogens (tertiary/aromatic N) is 4. The van der Waals surface area contributed by atoms with Gasteiger partial charge in [-0.1, -0.05) is 12.1 Å². The summed E-state index contributed by atoms with van der Waals surface area (Å²) in [5.41, 5.74) is 0.494. The minimum atomic E-state index is -0.340. The normalized spacial score (nSPS) is 12.6. The Hall–Kier alpha value is -2.05. The molecule has 0 amide bonds. The lowest BCUT2D eigenvalue weighted by atomic mass is 10.0. The first-order valence-corrected chi connectivity index (χ1v) is 4.92. The Morgan fingerprint density at radius 2 is 2.44 bits per heavy atom. The molecule has 0 aliphatic rings. The lowest BCUT2D eigenvalue weighted by Crippen LogP contribution is -2.07.